The number of aromatic nitrogens is 2. The third-order valence-electron chi connectivity index (χ3n) is 8.90. The first-order chi connectivity index (χ1) is 20.2. The number of carbonyl (C=O) groups excluding carboxylic acids is 3. The number of benzene rings is 2. The lowest BCUT2D eigenvalue weighted by molar-refractivity contribution is -0.155. The SMILES string of the molecule is CC[C@H](C)C1C(=O)N[C@H](C2Cc3ccccc3C2)C(=O)N1C(C(=O)n1c(=O)oc2ccccc21)c1ccc(C)nc1C. The molecule has 1 N–H and O–H groups in total. The number of hydrogen-bond acceptors (Lipinski definition) is 6. The van der Waals surface area contributed by atoms with Crippen LogP contribution in [0.2, 0.25) is 0 Å². The van der Waals surface area contributed by atoms with Crippen molar-refractivity contribution < 1.29 is 18.8 Å². The van der Waals surface area contributed by atoms with Crippen LogP contribution in [-0.2, 0) is 22.4 Å². The highest BCUT2D eigenvalue weighted by Crippen LogP contribution is 2.37. The average molecular weight is 567 g/mol. The van der Waals surface area contributed by atoms with Crippen LogP contribution in [-0.4, -0.2) is 44.3 Å². The Balaban J connectivity index is 1.52. The molecule has 1 aliphatic carbocycles. The summed E-state index contributed by atoms with van der Waals surface area (Å²) in [6.07, 6.45) is 1.89. The molecular weight excluding hydrogens is 532 g/mol. The zero-order chi connectivity index (χ0) is 29.7. The van der Waals surface area contributed by atoms with Crippen LogP contribution in [0.1, 0.15) is 59.2 Å². The van der Waals surface area contributed by atoms with E-state index >= 15 is 0 Å². The van der Waals surface area contributed by atoms with E-state index < -0.39 is 29.8 Å². The summed E-state index contributed by atoms with van der Waals surface area (Å²) in [7, 11) is 0. The average Bonchev–Trinajstić information content (AvgIpc) is 3.55. The summed E-state index contributed by atoms with van der Waals surface area (Å²) in [4.78, 5) is 62.4. The minimum absolute atomic E-state index is 0.162. The van der Waals surface area contributed by atoms with E-state index in [1.54, 1.807) is 43.3 Å². The highest BCUT2D eigenvalue weighted by molar-refractivity contribution is 6.02. The van der Waals surface area contributed by atoms with Crippen molar-refractivity contribution in [2.24, 2.45) is 11.8 Å². The van der Waals surface area contributed by atoms with Crippen LogP contribution in [0.4, 0.5) is 0 Å². The van der Waals surface area contributed by atoms with Crippen molar-refractivity contribution in [1.29, 1.82) is 0 Å². The first kappa shape index (κ1) is 27.6. The van der Waals surface area contributed by atoms with Gasteiger partial charge in [-0.2, -0.15) is 0 Å². The number of amides is 2. The third kappa shape index (κ3) is 4.53. The van der Waals surface area contributed by atoms with Crippen LogP contribution >= 0.6 is 0 Å². The van der Waals surface area contributed by atoms with Crippen molar-refractivity contribution in [3.05, 3.63) is 99.3 Å². The Bertz CT molecular complexity index is 1750. The van der Waals surface area contributed by atoms with Crippen LogP contribution in [0.3, 0.4) is 0 Å². The van der Waals surface area contributed by atoms with Gasteiger partial charge in [0.2, 0.25) is 11.8 Å². The predicted molar refractivity (Wildman–Crippen MR) is 157 cm³/mol. The van der Waals surface area contributed by atoms with Gasteiger partial charge >= 0.3 is 5.76 Å². The number of nitrogens with one attached hydrogen (secondary N) is 1. The number of nitrogens with zero attached hydrogens (tertiary/aromatic N) is 3. The highest BCUT2D eigenvalue weighted by Gasteiger charge is 2.51. The topological polar surface area (TPSA) is 115 Å². The molecule has 3 heterocycles. The molecule has 0 radical (unpaired) electrons. The minimum Gasteiger partial charge on any atom is -0.407 e. The zero-order valence-corrected chi connectivity index (χ0v) is 24.2. The molecule has 0 bridgehead atoms. The van der Waals surface area contributed by atoms with Crippen LogP contribution in [0.15, 0.2) is 69.9 Å². The summed E-state index contributed by atoms with van der Waals surface area (Å²) < 4.78 is 6.39. The number of hydrogen-bond donors (Lipinski definition) is 1. The van der Waals surface area contributed by atoms with Crippen LogP contribution in [0.5, 0.6) is 0 Å². The molecule has 4 atom stereocenters. The van der Waals surface area contributed by atoms with Gasteiger partial charge in [-0.25, -0.2) is 9.36 Å². The molecule has 6 rings (SSSR count). The fourth-order valence-corrected chi connectivity index (χ4v) is 6.60. The monoisotopic (exact) mass is 566 g/mol. The van der Waals surface area contributed by atoms with Gasteiger partial charge in [-0.3, -0.25) is 19.4 Å². The van der Waals surface area contributed by atoms with Crippen molar-refractivity contribution in [1.82, 2.24) is 19.8 Å². The quantitative estimate of drug-likeness (QED) is 0.375. The number of rotatable bonds is 6. The Morgan fingerprint density at radius 2 is 1.67 bits per heavy atom. The number of aryl methyl sites for hydroxylation is 2. The van der Waals surface area contributed by atoms with Crippen molar-refractivity contribution >= 4 is 28.8 Å². The van der Waals surface area contributed by atoms with Crippen LogP contribution in [0.25, 0.3) is 11.1 Å². The molecule has 1 saturated heterocycles. The molecule has 216 valence electrons. The molecular formula is C33H34N4O5. The largest absolute Gasteiger partial charge is 0.426 e. The van der Waals surface area contributed by atoms with E-state index in [4.69, 9.17) is 4.42 Å². The molecule has 1 fully saturated rings. The number of carbonyl (C=O) groups is 3. The van der Waals surface area contributed by atoms with Gasteiger partial charge in [0.15, 0.2) is 5.58 Å². The first-order valence-electron chi connectivity index (χ1n) is 14.5. The second-order valence-electron chi connectivity index (χ2n) is 11.5. The van der Waals surface area contributed by atoms with Crippen molar-refractivity contribution in [3.8, 4) is 0 Å². The Hall–Kier alpha value is -4.53. The van der Waals surface area contributed by atoms with Gasteiger partial charge < -0.3 is 14.6 Å². The molecule has 2 unspecified atom stereocenters. The first-order valence-corrected chi connectivity index (χ1v) is 14.5. The Morgan fingerprint density at radius 3 is 2.33 bits per heavy atom. The second-order valence-corrected chi connectivity index (χ2v) is 11.5. The predicted octanol–water partition coefficient (Wildman–Crippen LogP) is 4.14. The lowest BCUT2D eigenvalue weighted by atomic mass is 9.85. The van der Waals surface area contributed by atoms with E-state index in [9.17, 15) is 19.2 Å². The smallest absolute Gasteiger partial charge is 0.407 e. The van der Waals surface area contributed by atoms with E-state index in [1.165, 1.54) is 4.90 Å². The molecule has 2 aromatic heterocycles. The van der Waals surface area contributed by atoms with Gasteiger partial charge in [-0.15, -0.1) is 0 Å². The maximum Gasteiger partial charge on any atom is 0.426 e. The number of fused-ring (bicyclic) bond motifs is 2. The summed E-state index contributed by atoms with van der Waals surface area (Å²) in [5.41, 5.74) is 4.62. The maximum absolute atomic E-state index is 14.7. The third-order valence-corrected chi connectivity index (χ3v) is 8.90. The molecule has 2 aromatic carbocycles. The number of para-hydroxylation sites is 2. The lowest BCUT2D eigenvalue weighted by Crippen LogP contribution is -2.68. The molecule has 2 amide bonds. The summed E-state index contributed by atoms with van der Waals surface area (Å²) in [6, 6.07) is 15.2. The van der Waals surface area contributed by atoms with Gasteiger partial charge in [0.05, 0.1) is 5.52 Å². The van der Waals surface area contributed by atoms with E-state index in [2.05, 4.69) is 10.3 Å². The lowest BCUT2D eigenvalue weighted by Gasteiger charge is -2.46. The van der Waals surface area contributed by atoms with E-state index in [0.717, 1.165) is 21.4 Å². The zero-order valence-electron chi connectivity index (χ0n) is 24.2. The van der Waals surface area contributed by atoms with E-state index in [0.29, 0.717) is 36.0 Å². The van der Waals surface area contributed by atoms with E-state index in [-0.39, 0.29) is 29.2 Å². The van der Waals surface area contributed by atoms with Crippen LogP contribution in [0, 0.1) is 25.7 Å². The van der Waals surface area contributed by atoms with Gasteiger partial charge in [-0.05, 0) is 67.9 Å². The summed E-state index contributed by atoms with van der Waals surface area (Å²) >= 11 is 0. The van der Waals surface area contributed by atoms with Gasteiger partial charge in [0.1, 0.15) is 18.1 Å². The minimum atomic E-state index is -1.28. The van der Waals surface area contributed by atoms with Crippen LogP contribution < -0.4 is 11.1 Å². The standard InChI is InChI=1S/C33H34N4O5/c1-5-18(2)28-30(38)35-27(23-16-21-10-6-7-11-22(21)17-23)31(39)37(28)29(24-15-14-19(3)34-20(24)4)32(40)36-25-12-8-9-13-26(25)42-33(36)41/h6-15,18,23,27-29H,5,16-17H2,1-4H3,(H,35,38)/t18-,27+,28?,29?/m0/s1. The molecule has 9 heteroatoms. The van der Waals surface area contributed by atoms with Crippen molar-refractivity contribution in [3.63, 3.8) is 0 Å². The van der Waals surface area contributed by atoms with Gasteiger partial charge in [0, 0.05) is 17.0 Å². The summed E-state index contributed by atoms with van der Waals surface area (Å²) in [5.74, 6) is -2.57. The molecule has 42 heavy (non-hydrogen) atoms. The molecule has 0 saturated carbocycles. The Labute approximate surface area is 243 Å². The molecule has 0 spiro atoms. The Morgan fingerprint density at radius 1 is 1.00 bits per heavy atom. The van der Waals surface area contributed by atoms with Gasteiger partial charge in [-0.1, -0.05) is 62.7 Å². The van der Waals surface area contributed by atoms with Crippen molar-refractivity contribution in [2.45, 2.75) is 65.1 Å². The van der Waals surface area contributed by atoms with Gasteiger partial charge in [0.25, 0.3) is 5.91 Å². The fourth-order valence-electron chi connectivity index (χ4n) is 6.60. The second kappa shape index (κ2) is 10.7. The Kier molecular flexibility index (Phi) is 7.04. The number of oxazole rings is 1. The molecule has 1 aliphatic heterocycles. The molecule has 4 aromatic rings. The molecule has 9 nitrogen and oxygen atoms in total. The molecule has 2 aliphatic rings. The normalized spacial score (nSPS) is 20.4. The summed E-state index contributed by atoms with van der Waals surface area (Å²) in [6.45, 7) is 7.47. The summed E-state index contributed by atoms with van der Waals surface area (Å²) in [5, 5.41) is 3.04. The highest BCUT2D eigenvalue weighted by atomic mass is 16.4. The number of pyridine rings is 1. The van der Waals surface area contributed by atoms with Crippen molar-refractivity contribution in [2.75, 3.05) is 0 Å². The number of piperazine rings is 1. The fraction of sp³-hybridized carbons (Fsp3) is 0.364. The van der Waals surface area contributed by atoms with E-state index in [1.807, 2.05) is 45.0 Å². The maximum atomic E-state index is 14.7.